The van der Waals surface area contributed by atoms with Crippen LogP contribution in [0, 0.1) is 0 Å². The van der Waals surface area contributed by atoms with Gasteiger partial charge in [0.15, 0.2) is 0 Å². The minimum Gasteiger partial charge on any atom is -1.00 e. The van der Waals surface area contributed by atoms with Crippen molar-refractivity contribution in [1.82, 2.24) is 0 Å². The Morgan fingerprint density at radius 3 is 2.05 bits per heavy atom. The summed E-state index contributed by atoms with van der Waals surface area (Å²) in [5, 5.41) is 5.43. The van der Waals surface area contributed by atoms with Gasteiger partial charge in [-0.15, -0.1) is 0 Å². The molecule has 0 amide bonds. The Morgan fingerprint density at radius 2 is 1.55 bits per heavy atom. The average Bonchev–Trinajstić information content (AvgIpc) is 2.39. The second-order valence-electron chi connectivity index (χ2n) is 3.95. The summed E-state index contributed by atoms with van der Waals surface area (Å²) in [6, 6.07) is 14.7. The zero-order chi connectivity index (χ0) is 13.9. The van der Waals surface area contributed by atoms with Crippen molar-refractivity contribution in [1.29, 1.82) is 0 Å². The second kappa shape index (κ2) is 6.40. The van der Waals surface area contributed by atoms with E-state index in [0.717, 1.165) is 0 Å². The van der Waals surface area contributed by atoms with Crippen LogP contribution in [0.4, 0.5) is 5.69 Å². The topological polar surface area (TPSA) is 97.8 Å². The predicted octanol–water partition coefficient (Wildman–Crippen LogP) is -3.04. The molecular weight excluding hydrogens is 298 g/mol. The fourth-order valence-electron chi connectivity index (χ4n) is 1.55. The number of halogens is 1. The number of nitrogens with one attached hydrogen (secondary N) is 1. The van der Waals surface area contributed by atoms with Crippen molar-refractivity contribution in [2.75, 3.05) is 4.72 Å². The maximum Gasteiger partial charge on any atom is 0.270 e. The van der Waals surface area contributed by atoms with Crippen LogP contribution in [0.25, 0.3) is 0 Å². The molecule has 0 atom stereocenters. The van der Waals surface area contributed by atoms with Crippen LogP contribution in [0.3, 0.4) is 0 Å². The van der Waals surface area contributed by atoms with E-state index in [-0.39, 0.29) is 23.1 Å². The summed E-state index contributed by atoms with van der Waals surface area (Å²) in [6.07, 6.45) is 0. The smallest absolute Gasteiger partial charge is 0.270 e. The molecule has 5 N–H and O–H groups in total. The predicted molar refractivity (Wildman–Crippen MR) is 73.9 cm³/mol. The lowest BCUT2D eigenvalue weighted by Gasteiger charge is -2.07. The summed E-state index contributed by atoms with van der Waals surface area (Å²) in [4.78, 5) is 0.154. The van der Waals surface area contributed by atoms with E-state index in [9.17, 15) is 8.42 Å². The Balaban J connectivity index is 0.00000200. The van der Waals surface area contributed by atoms with Gasteiger partial charge in [0.1, 0.15) is 0 Å². The fourth-order valence-corrected chi connectivity index (χ4v) is 2.61. The molecule has 0 saturated heterocycles. The lowest BCUT2D eigenvalue weighted by Crippen LogP contribution is -3.00. The highest BCUT2D eigenvalue weighted by Gasteiger charge is 2.14. The van der Waals surface area contributed by atoms with Crippen LogP contribution in [0.2, 0.25) is 0 Å². The van der Waals surface area contributed by atoms with Gasteiger partial charge in [-0.25, -0.2) is 8.42 Å². The summed E-state index contributed by atoms with van der Waals surface area (Å²) >= 11 is 0. The van der Waals surface area contributed by atoms with E-state index < -0.39 is 10.0 Å². The molecule has 0 aliphatic rings. The summed E-state index contributed by atoms with van der Waals surface area (Å²) in [5.41, 5.74) is 6.53. The van der Waals surface area contributed by atoms with Gasteiger partial charge in [-0.1, -0.05) is 18.2 Å². The maximum atomic E-state index is 12.1. The molecule has 20 heavy (non-hydrogen) atoms. The van der Waals surface area contributed by atoms with Crippen molar-refractivity contribution in [2.24, 2.45) is 5.73 Å². The number of sulfonamides is 1. The number of anilines is 1. The van der Waals surface area contributed by atoms with Crippen molar-refractivity contribution >= 4 is 21.5 Å². The third-order valence-electron chi connectivity index (χ3n) is 2.52. The number of rotatable bonds is 4. The van der Waals surface area contributed by atoms with Gasteiger partial charge >= 0.3 is 0 Å². The van der Waals surface area contributed by atoms with E-state index in [1.54, 1.807) is 36.4 Å². The number of hydrogen-bond donors (Lipinski definition) is 3. The van der Waals surface area contributed by atoms with Crippen LogP contribution < -0.4 is 28.3 Å². The Kier molecular flexibility index (Phi) is 5.12. The van der Waals surface area contributed by atoms with E-state index in [0.29, 0.717) is 11.3 Å². The van der Waals surface area contributed by atoms with Crippen molar-refractivity contribution in [3.8, 4) is 0 Å². The van der Waals surface area contributed by atoms with E-state index in [4.69, 9.17) is 11.1 Å². The quantitative estimate of drug-likeness (QED) is 0.413. The van der Waals surface area contributed by atoms with Crippen molar-refractivity contribution < 1.29 is 26.2 Å². The van der Waals surface area contributed by atoms with Crippen LogP contribution in [0.15, 0.2) is 59.5 Å². The zero-order valence-corrected chi connectivity index (χ0v) is 12.0. The molecule has 0 radical (unpaired) electrons. The van der Waals surface area contributed by atoms with Crippen LogP contribution in [-0.2, 0) is 10.0 Å². The number of amidine groups is 1. The first-order valence-electron chi connectivity index (χ1n) is 5.55. The average molecular weight is 312 g/mol. The highest BCUT2D eigenvalue weighted by molar-refractivity contribution is 7.92. The lowest BCUT2D eigenvalue weighted by atomic mass is 10.2. The van der Waals surface area contributed by atoms with Gasteiger partial charge in [-0.2, -0.15) is 0 Å². The second-order valence-corrected chi connectivity index (χ2v) is 5.63. The molecule has 2 aromatic carbocycles. The number of benzene rings is 2. The van der Waals surface area contributed by atoms with Crippen LogP contribution in [0.5, 0.6) is 0 Å². The Bertz CT molecular complexity index is 685. The molecule has 0 aliphatic carbocycles. The Labute approximate surface area is 123 Å². The monoisotopic (exact) mass is 311 g/mol. The maximum absolute atomic E-state index is 12.1. The minimum atomic E-state index is -3.60. The summed E-state index contributed by atoms with van der Waals surface area (Å²) in [6.45, 7) is 0. The van der Waals surface area contributed by atoms with Gasteiger partial charge in [0.2, 0.25) is 0 Å². The first-order chi connectivity index (χ1) is 8.99. The first kappa shape index (κ1) is 16.0. The van der Waals surface area contributed by atoms with E-state index in [1.807, 2.05) is 6.07 Å². The van der Waals surface area contributed by atoms with Gasteiger partial charge < -0.3 is 12.4 Å². The minimum absolute atomic E-state index is 0. The molecule has 0 aromatic heterocycles. The Hall–Kier alpha value is -2.05. The van der Waals surface area contributed by atoms with Crippen molar-refractivity contribution in [3.05, 3.63) is 60.2 Å². The molecule has 5 nitrogen and oxygen atoms in total. The SMILES string of the molecule is NC(=[NH2+])c1ccc(S(=O)(=O)Nc2ccccc2)cc1.[Cl-]. The fraction of sp³-hybridized carbons (Fsp3) is 0. The molecular formula is C13H14ClN3O2S. The zero-order valence-electron chi connectivity index (χ0n) is 10.5. The molecule has 2 aromatic rings. The van der Waals surface area contributed by atoms with Crippen LogP contribution >= 0.6 is 0 Å². The first-order valence-corrected chi connectivity index (χ1v) is 7.03. The summed E-state index contributed by atoms with van der Waals surface area (Å²) < 4.78 is 26.7. The normalized spacial score (nSPS) is 10.4. The summed E-state index contributed by atoms with van der Waals surface area (Å²) in [7, 11) is -3.60. The molecule has 0 unspecified atom stereocenters. The van der Waals surface area contributed by atoms with Gasteiger partial charge in [-0.05, 0) is 36.4 Å². The molecule has 0 aliphatic heterocycles. The molecule has 7 heteroatoms. The third-order valence-corrected chi connectivity index (χ3v) is 3.92. The van der Waals surface area contributed by atoms with Gasteiger partial charge in [0, 0.05) is 5.69 Å². The van der Waals surface area contributed by atoms with Gasteiger partial charge in [-0.3, -0.25) is 15.9 Å². The van der Waals surface area contributed by atoms with Gasteiger partial charge in [0.05, 0.1) is 10.5 Å². The van der Waals surface area contributed by atoms with Crippen LogP contribution in [-0.4, -0.2) is 14.3 Å². The largest absolute Gasteiger partial charge is 1.00 e. The molecule has 2 rings (SSSR count). The van der Waals surface area contributed by atoms with Crippen molar-refractivity contribution in [3.63, 3.8) is 0 Å². The molecule has 0 fully saturated rings. The van der Waals surface area contributed by atoms with E-state index >= 15 is 0 Å². The van der Waals surface area contributed by atoms with E-state index in [2.05, 4.69) is 4.72 Å². The highest BCUT2D eigenvalue weighted by atomic mass is 35.5. The number of nitrogens with two attached hydrogens (primary N) is 2. The number of hydrogen-bond acceptors (Lipinski definition) is 2. The standard InChI is InChI=1S/C13H13N3O2S.ClH/c14-13(15)10-6-8-12(9-7-10)19(17,18)16-11-4-2-1-3-5-11;/h1-9,16H,(H3,14,15);1H. The van der Waals surface area contributed by atoms with Crippen molar-refractivity contribution in [2.45, 2.75) is 4.90 Å². The summed E-state index contributed by atoms with van der Waals surface area (Å²) in [5.74, 6) is 0.153. The lowest BCUT2D eigenvalue weighted by molar-refractivity contribution is -0.114. The van der Waals surface area contributed by atoms with Gasteiger partial charge in [0.25, 0.3) is 15.9 Å². The molecule has 0 spiro atoms. The van der Waals surface area contributed by atoms with Crippen LogP contribution in [0.1, 0.15) is 5.56 Å². The Morgan fingerprint density at radius 1 is 1.00 bits per heavy atom. The third kappa shape index (κ3) is 3.72. The molecule has 0 bridgehead atoms. The molecule has 106 valence electrons. The van der Waals surface area contributed by atoms with E-state index in [1.165, 1.54) is 12.1 Å². The highest BCUT2D eigenvalue weighted by Crippen LogP contribution is 2.15. The molecule has 0 saturated carbocycles. The molecule has 0 heterocycles. The number of para-hydroxylation sites is 1.